The zero-order valence-corrected chi connectivity index (χ0v) is 15.6. The normalized spacial score (nSPS) is 22.9. The Labute approximate surface area is 159 Å². The van der Waals surface area contributed by atoms with Gasteiger partial charge < -0.3 is 25.5 Å². The molecule has 0 saturated carbocycles. The van der Waals surface area contributed by atoms with Crippen LogP contribution in [-0.4, -0.2) is 71.6 Å². The zero-order chi connectivity index (χ0) is 18.9. The number of piperidine rings is 2. The zero-order valence-electron chi connectivity index (χ0n) is 15.6. The van der Waals surface area contributed by atoms with Crippen LogP contribution in [0, 0.1) is 5.92 Å². The average Bonchev–Trinajstić information content (AvgIpc) is 2.70. The van der Waals surface area contributed by atoms with E-state index in [0.29, 0.717) is 32.5 Å². The van der Waals surface area contributed by atoms with Crippen LogP contribution >= 0.6 is 0 Å². The summed E-state index contributed by atoms with van der Waals surface area (Å²) >= 11 is 0. The first-order chi connectivity index (χ1) is 13.1. The summed E-state index contributed by atoms with van der Waals surface area (Å²) in [5.41, 5.74) is 1.16. The number of hydrogen-bond acceptors (Lipinski definition) is 5. The molecule has 146 valence electrons. The Bertz CT molecular complexity index is 707. The van der Waals surface area contributed by atoms with Gasteiger partial charge in [0.25, 0.3) is 0 Å². The van der Waals surface area contributed by atoms with E-state index >= 15 is 0 Å². The lowest BCUT2D eigenvalue weighted by Gasteiger charge is -2.45. The number of likely N-dealkylation sites (tertiary alicyclic amines) is 2. The maximum atomic E-state index is 12.9. The first kappa shape index (κ1) is 18.3. The average molecular weight is 372 g/mol. The van der Waals surface area contributed by atoms with Crippen LogP contribution in [0.25, 0.3) is 0 Å². The number of hydrogen-bond donors (Lipinski definition) is 3. The minimum atomic E-state index is -0.615. The number of carbonyl (C=O) groups is 2. The molecule has 3 N–H and O–H groups in total. The highest BCUT2D eigenvalue weighted by molar-refractivity contribution is 6.06. The van der Waals surface area contributed by atoms with Crippen molar-refractivity contribution in [2.24, 2.45) is 5.92 Å². The third-order valence-corrected chi connectivity index (χ3v) is 6.27. The molecule has 2 amide bonds. The highest BCUT2D eigenvalue weighted by Crippen LogP contribution is 2.36. The topological polar surface area (TPSA) is 84.9 Å². The Kier molecular flexibility index (Phi) is 5.06. The number of carbonyl (C=O) groups excluding carboxylic acids is 2. The molecule has 1 aromatic carbocycles. The Balaban J connectivity index is 1.35. The Morgan fingerprint density at radius 2 is 1.78 bits per heavy atom. The first-order valence-corrected chi connectivity index (χ1v) is 9.92. The third-order valence-electron chi connectivity index (χ3n) is 6.27. The quantitative estimate of drug-likeness (QED) is 0.740. The number of anilines is 2. The SMILES string of the molecule is O=C(C1CCN(CCO)CC1)N1CCC2(CC1)Nc1ccccc1NC2=O. The van der Waals surface area contributed by atoms with E-state index in [9.17, 15) is 9.59 Å². The molecule has 3 aliphatic rings. The second-order valence-corrected chi connectivity index (χ2v) is 7.87. The number of amides is 2. The Morgan fingerprint density at radius 3 is 2.44 bits per heavy atom. The number of fused-ring (bicyclic) bond motifs is 1. The molecule has 0 radical (unpaired) electrons. The van der Waals surface area contributed by atoms with Gasteiger partial charge in [0.2, 0.25) is 11.8 Å². The molecule has 7 nitrogen and oxygen atoms in total. The molecule has 1 spiro atoms. The van der Waals surface area contributed by atoms with Crippen molar-refractivity contribution < 1.29 is 14.7 Å². The smallest absolute Gasteiger partial charge is 0.250 e. The van der Waals surface area contributed by atoms with Gasteiger partial charge in [-0.25, -0.2) is 0 Å². The van der Waals surface area contributed by atoms with Crippen molar-refractivity contribution in [2.45, 2.75) is 31.2 Å². The van der Waals surface area contributed by atoms with E-state index in [1.807, 2.05) is 29.2 Å². The number of aliphatic hydroxyl groups excluding tert-OH is 1. The number of benzene rings is 1. The fourth-order valence-corrected chi connectivity index (χ4v) is 4.52. The van der Waals surface area contributed by atoms with Gasteiger partial charge >= 0.3 is 0 Å². The van der Waals surface area contributed by atoms with Crippen LogP contribution in [0.3, 0.4) is 0 Å². The molecule has 0 bridgehead atoms. The lowest BCUT2D eigenvalue weighted by atomic mass is 9.83. The molecule has 1 aromatic rings. The van der Waals surface area contributed by atoms with Crippen molar-refractivity contribution in [3.8, 4) is 0 Å². The van der Waals surface area contributed by atoms with Crippen LogP contribution in [-0.2, 0) is 9.59 Å². The van der Waals surface area contributed by atoms with Crippen LogP contribution in [0.5, 0.6) is 0 Å². The minimum Gasteiger partial charge on any atom is -0.395 e. The summed E-state index contributed by atoms with van der Waals surface area (Å²) in [7, 11) is 0. The van der Waals surface area contributed by atoms with E-state index in [1.165, 1.54) is 0 Å². The highest BCUT2D eigenvalue weighted by Gasteiger charge is 2.45. The second-order valence-electron chi connectivity index (χ2n) is 7.87. The van der Waals surface area contributed by atoms with Crippen molar-refractivity contribution in [3.05, 3.63) is 24.3 Å². The van der Waals surface area contributed by atoms with Gasteiger partial charge in [0.05, 0.1) is 18.0 Å². The molecule has 0 unspecified atom stereocenters. The summed E-state index contributed by atoms with van der Waals surface area (Å²) in [4.78, 5) is 29.8. The largest absolute Gasteiger partial charge is 0.395 e. The highest BCUT2D eigenvalue weighted by atomic mass is 16.3. The molecule has 0 atom stereocenters. The van der Waals surface area contributed by atoms with Gasteiger partial charge in [-0.3, -0.25) is 9.59 Å². The maximum absolute atomic E-state index is 12.9. The van der Waals surface area contributed by atoms with E-state index in [1.54, 1.807) is 0 Å². The summed E-state index contributed by atoms with van der Waals surface area (Å²) in [5, 5.41) is 15.5. The van der Waals surface area contributed by atoms with E-state index in [2.05, 4.69) is 15.5 Å². The second kappa shape index (κ2) is 7.48. The number of aliphatic hydroxyl groups is 1. The predicted octanol–water partition coefficient (Wildman–Crippen LogP) is 1.12. The van der Waals surface area contributed by atoms with Gasteiger partial charge in [0.1, 0.15) is 5.54 Å². The number of nitrogens with one attached hydrogen (secondary N) is 2. The van der Waals surface area contributed by atoms with Crippen LogP contribution in [0.15, 0.2) is 24.3 Å². The molecular formula is C20H28N4O3. The number of rotatable bonds is 3. The monoisotopic (exact) mass is 372 g/mol. The number of β-amino-alcohol motifs (C(OH)–C–C–N with tert-alkyl or cyclic N) is 1. The Hall–Kier alpha value is -2.12. The van der Waals surface area contributed by atoms with Crippen LogP contribution < -0.4 is 10.6 Å². The lowest BCUT2D eigenvalue weighted by Crippen LogP contribution is -2.59. The predicted molar refractivity (Wildman–Crippen MR) is 103 cm³/mol. The number of nitrogens with zero attached hydrogens (tertiary/aromatic N) is 2. The Morgan fingerprint density at radius 1 is 1.11 bits per heavy atom. The molecule has 3 heterocycles. The fourth-order valence-electron chi connectivity index (χ4n) is 4.52. The molecule has 2 fully saturated rings. The van der Waals surface area contributed by atoms with Gasteiger partial charge in [-0.1, -0.05) is 12.1 Å². The van der Waals surface area contributed by atoms with E-state index < -0.39 is 5.54 Å². The van der Waals surface area contributed by atoms with Gasteiger partial charge in [0, 0.05) is 25.6 Å². The van der Waals surface area contributed by atoms with E-state index in [0.717, 1.165) is 37.3 Å². The molecule has 2 saturated heterocycles. The third kappa shape index (κ3) is 3.53. The molecule has 7 heteroatoms. The summed E-state index contributed by atoms with van der Waals surface area (Å²) in [6.45, 7) is 3.82. The number of para-hydroxylation sites is 2. The van der Waals surface area contributed by atoms with Crippen molar-refractivity contribution in [1.82, 2.24) is 9.80 Å². The van der Waals surface area contributed by atoms with Crippen molar-refractivity contribution >= 4 is 23.2 Å². The van der Waals surface area contributed by atoms with Gasteiger partial charge in [-0.15, -0.1) is 0 Å². The lowest BCUT2D eigenvalue weighted by molar-refractivity contribution is -0.140. The van der Waals surface area contributed by atoms with Gasteiger partial charge in [-0.05, 0) is 50.9 Å². The van der Waals surface area contributed by atoms with Crippen molar-refractivity contribution in [2.75, 3.05) is 50.0 Å². The molecule has 3 aliphatic heterocycles. The van der Waals surface area contributed by atoms with E-state index in [4.69, 9.17) is 5.11 Å². The maximum Gasteiger partial charge on any atom is 0.250 e. The van der Waals surface area contributed by atoms with Crippen LogP contribution in [0.1, 0.15) is 25.7 Å². The standard InChI is InChI=1S/C20H28N4O3/c25-14-13-23-9-5-15(6-10-23)18(26)24-11-7-20(8-12-24)19(27)21-16-3-1-2-4-17(16)22-20/h1-4,15,22,25H,5-14H2,(H,21,27). The molecule has 27 heavy (non-hydrogen) atoms. The minimum absolute atomic E-state index is 0.00520. The summed E-state index contributed by atoms with van der Waals surface area (Å²) in [6.07, 6.45) is 2.96. The van der Waals surface area contributed by atoms with Gasteiger partial charge in [0.15, 0.2) is 0 Å². The van der Waals surface area contributed by atoms with Crippen molar-refractivity contribution in [3.63, 3.8) is 0 Å². The molecular weight excluding hydrogens is 344 g/mol. The van der Waals surface area contributed by atoms with E-state index in [-0.39, 0.29) is 24.3 Å². The molecule has 0 aliphatic carbocycles. The fraction of sp³-hybridized carbons (Fsp3) is 0.600. The molecule has 4 rings (SSSR count). The first-order valence-electron chi connectivity index (χ1n) is 9.92. The van der Waals surface area contributed by atoms with Crippen molar-refractivity contribution in [1.29, 1.82) is 0 Å². The summed E-state index contributed by atoms with van der Waals surface area (Å²) in [5.74, 6) is 0.304. The van der Waals surface area contributed by atoms with Crippen LogP contribution in [0.2, 0.25) is 0 Å². The molecule has 0 aromatic heterocycles. The summed E-state index contributed by atoms with van der Waals surface area (Å²) < 4.78 is 0. The van der Waals surface area contributed by atoms with Crippen LogP contribution in [0.4, 0.5) is 11.4 Å². The van der Waals surface area contributed by atoms with Gasteiger partial charge in [-0.2, -0.15) is 0 Å². The summed E-state index contributed by atoms with van der Waals surface area (Å²) in [6, 6.07) is 7.74.